The van der Waals surface area contributed by atoms with Crippen molar-refractivity contribution in [2.24, 2.45) is 0 Å². The van der Waals surface area contributed by atoms with Gasteiger partial charge in [-0.05, 0) is 6.07 Å². The fourth-order valence-corrected chi connectivity index (χ4v) is 1.39. The number of carbonyl (C=O) groups excluding carboxylic acids is 1. The van der Waals surface area contributed by atoms with E-state index in [0.29, 0.717) is 11.5 Å². The normalized spacial score (nSPS) is 12.4. The van der Waals surface area contributed by atoms with E-state index in [1.54, 1.807) is 29.0 Å². The number of ether oxygens (including phenoxy) is 1. The lowest BCUT2D eigenvalue weighted by Gasteiger charge is -2.14. The Balaban J connectivity index is 2.18. The zero-order valence-electron chi connectivity index (χ0n) is 9.20. The summed E-state index contributed by atoms with van der Waals surface area (Å²) in [6.07, 6.45) is 3.33. The van der Waals surface area contributed by atoms with Crippen LogP contribution in [-0.4, -0.2) is 45.4 Å². The van der Waals surface area contributed by atoms with Gasteiger partial charge in [-0.3, -0.25) is 0 Å². The molecule has 1 atom stereocenters. The lowest BCUT2D eigenvalue weighted by molar-refractivity contribution is -0.142. The van der Waals surface area contributed by atoms with E-state index >= 15 is 0 Å². The summed E-state index contributed by atoms with van der Waals surface area (Å²) in [5.41, 5.74) is 0.650. The van der Waals surface area contributed by atoms with Crippen LogP contribution in [0.3, 0.4) is 0 Å². The molecular formula is C10H12N4O3. The van der Waals surface area contributed by atoms with Crippen molar-refractivity contribution in [3.63, 3.8) is 0 Å². The van der Waals surface area contributed by atoms with Crippen molar-refractivity contribution in [1.29, 1.82) is 0 Å². The number of hydrogen-bond donors (Lipinski definition) is 2. The maximum atomic E-state index is 11.3. The molecule has 0 saturated carbocycles. The second kappa shape index (κ2) is 4.79. The molecule has 1 unspecified atom stereocenters. The van der Waals surface area contributed by atoms with Crippen molar-refractivity contribution in [3.05, 3.63) is 24.5 Å². The highest BCUT2D eigenvalue weighted by molar-refractivity contribution is 5.79. The minimum absolute atomic E-state index is 0.362. The fraction of sp³-hybridized carbons (Fsp3) is 0.300. The molecule has 7 heteroatoms. The quantitative estimate of drug-likeness (QED) is 0.707. The van der Waals surface area contributed by atoms with Gasteiger partial charge in [0.1, 0.15) is 11.9 Å². The van der Waals surface area contributed by atoms with E-state index in [2.05, 4.69) is 20.1 Å². The molecule has 0 bridgehead atoms. The number of anilines is 1. The summed E-state index contributed by atoms with van der Waals surface area (Å²) in [5.74, 6) is -0.0647. The first-order valence-corrected chi connectivity index (χ1v) is 5.00. The number of carbonyl (C=O) groups is 1. The number of aromatic nitrogens is 3. The molecule has 0 aliphatic carbocycles. The second-order valence-corrected chi connectivity index (χ2v) is 3.35. The summed E-state index contributed by atoms with van der Waals surface area (Å²) < 4.78 is 6.14. The Morgan fingerprint density at radius 1 is 1.65 bits per heavy atom. The van der Waals surface area contributed by atoms with Crippen molar-refractivity contribution in [2.45, 2.75) is 6.04 Å². The van der Waals surface area contributed by atoms with Gasteiger partial charge in [-0.15, -0.1) is 0 Å². The molecule has 0 fully saturated rings. The first-order valence-electron chi connectivity index (χ1n) is 5.00. The number of methoxy groups -OCH3 is 1. The van der Waals surface area contributed by atoms with Gasteiger partial charge in [-0.1, -0.05) is 0 Å². The summed E-state index contributed by atoms with van der Waals surface area (Å²) >= 11 is 0. The predicted molar refractivity (Wildman–Crippen MR) is 59.5 cm³/mol. The van der Waals surface area contributed by atoms with Crippen LogP contribution in [0.25, 0.3) is 5.65 Å². The van der Waals surface area contributed by atoms with Gasteiger partial charge >= 0.3 is 5.97 Å². The topological polar surface area (TPSA) is 88.8 Å². The van der Waals surface area contributed by atoms with Crippen LogP contribution in [-0.2, 0) is 9.53 Å². The molecule has 2 aromatic heterocycles. The lowest BCUT2D eigenvalue weighted by atomic mass is 10.3. The van der Waals surface area contributed by atoms with E-state index in [9.17, 15) is 4.79 Å². The van der Waals surface area contributed by atoms with Gasteiger partial charge in [0.2, 0.25) is 0 Å². The minimum Gasteiger partial charge on any atom is -0.467 e. The number of esters is 1. The summed E-state index contributed by atoms with van der Waals surface area (Å²) in [7, 11) is 1.26. The Morgan fingerprint density at radius 2 is 2.47 bits per heavy atom. The summed E-state index contributed by atoms with van der Waals surface area (Å²) in [6, 6.07) is 2.57. The third-order valence-electron chi connectivity index (χ3n) is 2.25. The molecule has 0 spiro atoms. The van der Waals surface area contributed by atoms with Crippen LogP contribution in [0.15, 0.2) is 24.5 Å². The first kappa shape index (κ1) is 11.3. The van der Waals surface area contributed by atoms with E-state index in [0.717, 1.165) is 0 Å². The molecule has 7 nitrogen and oxygen atoms in total. The van der Waals surface area contributed by atoms with E-state index in [4.69, 9.17) is 5.11 Å². The molecule has 2 heterocycles. The van der Waals surface area contributed by atoms with Crippen LogP contribution < -0.4 is 5.32 Å². The highest BCUT2D eigenvalue weighted by Crippen LogP contribution is 2.07. The molecule has 0 amide bonds. The molecule has 0 saturated heterocycles. The number of fused-ring (bicyclic) bond motifs is 1. The third kappa shape index (κ3) is 2.34. The van der Waals surface area contributed by atoms with Gasteiger partial charge in [-0.25, -0.2) is 14.3 Å². The summed E-state index contributed by atoms with van der Waals surface area (Å²) in [6.45, 7) is -0.362. The number of rotatable bonds is 4. The highest BCUT2D eigenvalue weighted by Gasteiger charge is 2.18. The third-order valence-corrected chi connectivity index (χ3v) is 2.25. The average Bonchev–Trinajstić information content (AvgIpc) is 2.82. The van der Waals surface area contributed by atoms with Gasteiger partial charge in [0.15, 0.2) is 5.65 Å². The number of aliphatic hydroxyl groups excluding tert-OH is 1. The SMILES string of the molecule is COC(=O)C(CO)Nc1ccn2nccc2n1. The summed E-state index contributed by atoms with van der Waals surface area (Å²) in [4.78, 5) is 15.5. The van der Waals surface area contributed by atoms with Gasteiger partial charge in [-0.2, -0.15) is 5.10 Å². The van der Waals surface area contributed by atoms with E-state index < -0.39 is 12.0 Å². The van der Waals surface area contributed by atoms with Crippen LogP contribution in [0.1, 0.15) is 0 Å². The number of nitrogens with zero attached hydrogens (tertiary/aromatic N) is 3. The number of hydrogen-bond acceptors (Lipinski definition) is 6. The largest absolute Gasteiger partial charge is 0.467 e. The first-order chi connectivity index (χ1) is 8.24. The maximum absolute atomic E-state index is 11.3. The molecule has 0 aliphatic rings. The Hall–Kier alpha value is -2.15. The molecule has 2 rings (SSSR count). The van der Waals surface area contributed by atoms with E-state index in [1.165, 1.54) is 7.11 Å². The zero-order valence-corrected chi connectivity index (χ0v) is 9.20. The van der Waals surface area contributed by atoms with Crippen LogP contribution in [0.5, 0.6) is 0 Å². The predicted octanol–water partition coefficient (Wildman–Crippen LogP) is -0.325. The van der Waals surface area contributed by atoms with Crippen molar-refractivity contribution in [2.75, 3.05) is 19.0 Å². The van der Waals surface area contributed by atoms with E-state index in [1.807, 2.05) is 0 Å². The minimum atomic E-state index is -0.821. The van der Waals surface area contributed by atoms with Crippen LogP contribution in [0.4, 0.5) is 5.82 Å². The smallest absolute Gasteiger partial charge is 0.330 e. The number of aliphatic hydroxyl groups is 1. The molecule has 90 valence electrons. The van der Waals surface area contributed by atoms with Crippen molar-refractivity contribution in [3.8, 4) is 0 Å². The maximum Gasteiger partial charge on any atom is 0.330 e. The average molecular weight is 236 g/mol. The van der Waals surface area contributed by atoms with Gasteiger partial charge in [0.25, 0.3) is 0 Å². The molecule has 2 aromatic rings. The second-order valence-electron chi connectivity index (χ2n) is 3.35. The fourth-order valence-electron chi connectivity index (χ4n) is 1.39. The molecule has 0 aliphatic heterocycles. The van der Waals surface area contributed by atoms with E-state index in [-0.39, 0.29) is 6.61 Å². The van der Waals surface area contributed by atoms with Crippen LogP contribution in [0.2, 0.25) is 0 Å². The van der Waals surface area contributed by atoms with Crippen LogP contribution >= 0.6 is 0 Å². The standard InChI is InChI=1S/C10H12N4O3/c1-17-10(16)7(6-15)12-8-3-5-14-9(13-8)2-4-11-14/h2-5,7,15H,6H2,1H3,(H,12,13). The van der Waals surface area contributed by atoms with Crippen molar-refractivity contribution in [1.82, 2.24) is 14.6 Å². The molecular weight excluding hydrogens is 224 g/mol. The Labute approximate surface area is 97.0 Å². The zero-order chi connectivity index (χ0) is 12.3. The molecule has 2 N–H and O–H groups in total. The lowest BCUT2D eigenvalue weighted by Crippen LogP contribution is -2.34. The Morgan fingerprint density at radius 3 is 3.18 bits per heavy atom. The highest BCUT2D eigenvalue weighted by atomic mass is 16.5. The monoisotopic (exact) mass is 236 g/mol. The molecule has 17 heavy (non-hydrogen) atoms. The summed E-state index contributed by atoms with van der Waals surface area (Å²) in [5, 5.41) is 15.8. The molecule has 0 radical (unpaired) electrons. The Bertz CT molecular complexity index is 525. The van der Waals surface area contributed by atoms with Gasteiger partial charge < -0.3 is 15.2 Å². The van der Waals surface area contributed by atoms with Crippen molar-refractivity contribution >= 4 is 17.4 Å². The van der Waals surface area contributed by atoms with Crippen LogP contribution in [0, 0.1) is 0 Å². The Kier molecular flexibility index (Phi) is 3.20. The van der Waals surface area contributed by atoms with Crippen molar-refractivity contribution < 1.29 is 14.6 Å². The van der Waals surface area contributed by atoms with Gasteiger partial charge in [0.05, 0.1) is 19.9 Å². The molecule has 0 aromatic carbocycles. The number of nitrogens with one attached hydrogen (secondary N) is 1. The van der Waals surface area contributed by atoms with Gasteiger partial charge in [0, 0.05) is 12.3 Å².